The van der Waals surface area contributed by atoms with Crippen molar-refractivity contribution in [2.24, 2.45) is 5.92 Å². The molecule has 1 heterocycles. The quantitative estimate of drug-likeness (QED) is 0.755. The van der Waals surface area contributed by atoms with E-state index in [0.717, 1.165) is 32.0 Å². The lowest BCUT2D eigenvalue weighted by Crippen LogP contribution is -2.39. The van der Waals surface area contributed by atoms with E-state index >= 15 is 0 Å². The van der Waals surface area contributed by atoms with Gasteiger partial charge in [0.15, 0.2) is 0 Å². The predicted octanol–water partition coefficient (Wildman–Crippen LogP) is 2.63. The molecule has 0 aromatic carbocycles. The van der Waals surface area contributed by atoms with Crippen molar-refractivity contribution in [3.63, 3.8) is 0 Å². The average Bonchev–Trinajstić information content (AvgIpc) is 2.84. The molecule has 1 saturated carbocycles. The lowest BCUT2D eigenvalue weighted by Gasteiger charge is -2.37. The topological polar surface area (TPSA) is 39.1 Å². The number of hydrogen-bond donors (Lipinski definition) is 1. The van der Waals surface area contributed by atoms with Crippen LogP contribution in [-0.4, -0.2) is 35.1 Å². The molecule has 0 radical (unpaired) electrons. The summed E-state index contributed by atoms with van der Waals surface area (Å²) in [5.41, 5.74) is 1.35. The predicted molar refractivity (Wildman–Crippen MR) is 81.8 cm³/mol. The van der Waals surface area contributed by atoms with Crippen LogP contribution in [0.4, 0.5) is 0 Å². The van der Waals surface area contributed by atoms with E-state index in [1.165, 1.54) is 24.8 Å². The van der Waals surface area contributed by atoms with Gasteiger partial charge in [0.25, 0.3) is 0 Å². The molecular formula is C16H29N3O. The van der Waals surface area contributed by atoms with Gasteiger partial charge in [0.2, 0.25) is 0 Å². The zero-order valence-corrected chi connectivity index (χ0v) is 13.1. The summed E-state index contributed by atoms with van der Waals surface area (Å²) in [6.45, 7) is 9.23. The molecule has 0 bridgehead atoms. The molecule has 1 aliphatic rings. The van der Waals surface area contributed by atoms with E-state index in [9.17, 15) is 0 Å². The number of aromatic nitrogens is 2. The van der Waals surface area contributed by atoms with Crippen LogP contribution in [0.25, 0.3) is 0 Å². The molecular weight excluding hydrogens is 250 g/mol. The van der Waals surface area contributed by atoms with Crippen LogP contribution in [-0.2, 0) is 17.7 Å². The van der Waals surface area contributed by atoms with Gasteiger partial charge in [-0.1, -0.05) is 6.92 Å². The molecule has 0 spiro atoms. The third-order valence-electron chi connectivity index (χ3n) is 4.20. The van der Waals surface area contributed by atoms with Gasteiger partial charge in [-0.3, -0.25) is 4.68 Å². The highest BCUT2D eigenvalue weighted by atomic mass is 16.5. The molecule has 114 valence electrons. The van der Waals surface area contributed by atoms with E-state index in [0.29, 0.717) is 12.1 Å². The van der Waals surface area contributed by atoms with Crippen LogP contribution in [0.1, 0.15) is 45.6 Å². The second-order valence-corrected chi connectivity index (χ2v) is 5.81. The van der Waals surface area contributed by atoms with Crippen molar-refractivity contribution >= 4 is 0 Å². The van der Waals surface area contributed by atoms with E-state index in [2.05, 4.69) is 37.4 Å². The molecule has 4 nitrogen and oxygen atoms in total. The first-order valence-corrected chi connectivity index (χ1v) is 8.11. The monoisotopic (exact) mass is 279 g/mol. The van der Waals surface area contributed by atoms with Crippen LogP contribution in [0.15, 0.2) is 12.4 Å². The number of nitrogens with one attached hydrogen (secondary N) is 1. The standard InChI is InChI=1S/C16H29N3O/c1-4-17-15(7-13-9-16(10-13)20-6-3)8-14-11-18-19(5-2)12-14/h11-13,15-17H,4-10H2,1-3H3. The molecule has 0 aliphatic heterocycles. The Labute approximate surface area is 122 Å². The molecule has 1 aliphatic carbocycles. The van der Waals surface area contributed by atoms with E-state index in [4.69, 9.17) is 4.74 Å². The fourth-order valence-electron chi connectivity index (χ4n) is 3.14. The number of hydrogen-bond acceptors (Lipinski definition) is 3. The summed E-state index contributed by atoms with van der Waals surface area (Å²) in [6.07, 6.45) is 9.54. The van der Waals surface area contributed by atoms with Crippen molar-refractivity contribution < 1.29 is 4.74 Å². The third-order valence-corrected chi connectivity index (χ3v) is 4.20. The second kappa shape index (κ2) is 7.79. The summed E-state index contributed by atoms with van der Waals surface area (Å²) in [7, 11) is 0. The Balaban J connectivity index is 1.78. The lowest BCUT2D eigenvalue weighted by atomic mass is 9.77. The number of nitrogens with zero attached hydrogens (tertiary/aromatic N) is 2. The van der Waals surface area contributed by atoms with Gasteiger partial charge < -0.3 is 10.1 Å². The summed E-state index contributed by atoms with van der Waals surface area (Å²) in [5, 5.41) is 7.99. The molecule has 1 fully saturated rings. The van der Waals surface area contributed by atoms with Crippen LogP contribution in [0.2, 0.25) is 0 Å². The van der Waals surface area contributed by atoms with Crippen molar-refractivity contribution in [2.45, 2.75) is 65.1 Å². The van der Waals surface area contributed by atoms with Crippen molar-refractivity contribution in [3.05, 3.63) is 18.0 Å². The molecule has 1 unspecified atom stereocenters. The van der Waals surface area contributed by atoms with E-state index < -0.39 is 0 Å². The zero-order chi connectivity index (χ0) is 14.4. The maximum absolute atomic E-state index is 5.65. The molecule has 0 amide bonds. The number of likely N-dealkylation sites (N-methyl/N-ethyl adjacent to an activating group) is 1. The van der Waals surface area contributed by atoms with Crippen LogP contribution in [0.3, 0.4) is 0 Å². The largest absolute Gasteiger partial charge is 0.378 e. The summed E-state index contributed by atoms with van der Waals surface area (Å²) in [6, 6.07) is 0.571. The van der Waals surface area contributed by atoms with Crippen LogP contribution < -0.4 is 5.32 Å². The minimum Gasteiger partial charge on any atom is -0.378 e. The summed E-state index contributed by atoms with van der Waals surface area (Å²) in [4.78, 5) is 0. The van der Waals surface area contributed by atoms with Gasteiger partial charge in [0, 0.05) is 25.4 Å². The minimum atomic E-state index is 0.523. The third kappa shape index (κ3) is 4.32. The van der Waals surface area contributed by atoms with Crippen molar-refractivity contribution in [2.75, 3.05) is 13.2 Å². The first-order chi connectivity index (χ1) is 9.75. The molecule has 20 heavy (non-hydrogen) atoms. The molecule has 1 atom stereocenters. The van der Waals surface area contributed by atoms with Crippen LogP contribution in [0.5, 0.6) is 0 Å². The minimum absolute atomic E-state index is 0.523. The highest BCUT2D eigenvalue weighted by Gasteiger charge is 2.31. The second-order valence-electron chi connectivity index (χ2n) is 5.81. The van der Waals surface area contributed by atoms with Gasteiger partial charge in [0.05, 0.1) is 12.3 Å². The van der Waals surface area contributed by atoms with Crippen LogP contribution in [0, 0.1) is 5.92 Å². The van der Waals surface area contributed by atoms with Crippen molar-refractivity contribution in [1.82, 2.24) is 15.1 Å². The lowest BCUT2D eigenvalue weighted by molar-refractivity contribution is -0.0289. The first kappa shape index (κ1) is 15.5. The number of aryl methyl sites for hydroxylation is 1. The van der Waals surface area contributed by atoms with Gasteiger partial charge in [-0.25, -0.2) is 0 Å². The fourth-order valence-corrected chi connectivity index (χ4v) is 3.14. The first-order valence-electron chi connectivity index (χ1n) is 8.11. The summed E-state index contributed by atoms with van der Waals surface area (Å²) < 4.78 is 7.66. The molecule has 1 aromatic rings. The Kier molecular flexibility index (Phi) is 6.05. The van der Waals surface area contributed by atoms with Gasteiger partial charge in [-0.15, -0.1) is 0 Å². The van der Waals surface area contributed by atoms with Gasteiger partial charge in [-0.05, 0) is 57.6 Å². The Bertz CT molecular complexity index is 385. The van der Waals surface area contributed by atoms with Crippen molar-refractivity contribution in [3.8, 4) is 0 Å². The van der Waals surface area contributed by atoms with Gasteiger partial charge in [-0.2, -0.15) is 5.10 Å². The van der Waals surface area contributed by atoms with Crippen molar-refractivity contribution in [1.29, 1.82) is 0 Å². The number of ether oxygens (including phenoxy) is 1. The highest BCUT2D eigenvalue weighted by Crippen LogP contribution is 2.34. The van der Waals surface area contributed by atoms with Gasteiger partial charge in [0.1, 0.15) is 0 Å². The molecule has 1 N–H and O–H groups in total. The summed E-state index contributed by atoms with van der Waals surface area (Å²) >= 11 is 0. The fraction of sp³-hybridized carbons (Fsp3) is 0.812. The Hall–Kier alpha value is -0.870. The highest BCUT2D eigenvalue weighted by molar-refractivity contribution is 5.06. The molecule has 4 heteroatoms. The maximum atomic E-state index is 5.65. The molecule has 2 rings (SSSR count). The van der Waals surface area contributed by atoms with E-state index in [1.54, 1.807) is 0 Å². The zero-order valence-electron chi connectivity index (χ0n) is 13.1. The molecule has 0 saturated heterocycles. The SMILES string of the molecule is CCNC(Cc1cnn(CC)c1)CC1CC(OCC)C1. The van der Waals surface area contributed by atoms with E-state index in [-0.39, 0.29) is 0 Å². The smallest absolute Gasteiger partial charge is 0.0580 e. The Morgan fingerprint density at radius 2 is 2.20 bits per heavy atom. The summed E-state index contributed by atoms with van der Waals surface area (Å²) in [5.74, 6) is 0.830. The normalized spacial score (nSPS) is 23.6. The number of rotatable bonds is 9. The Morgan fingerprint density at radius 1 is 1.40 bits per heavy atom. The maximum Gasteiger partial charge on any atom is 0.0580 e. The average molecular weight is 279 g/mol. The van der Waals surface area contributed by atoms with Crippen LogP contribution >= 0.6 is 0 Å². The van der Waals surface area contributed by atoms with E-state index in [1.807, 2.05) is 10.9 Å². The van der Waals surface area contributed by atoms with Gasteiger partial charge >= 0.3 is 0 Å². The molecule has 1 aromatic heterocycles. The Morgan fingerprint density at radius 3 is 2.80 bits per heavy atom.